The van der Waals surface area contributed by atoms with Gasteiger partial charge in [0.2, 0.25) is 6.10 Å². The van der Waals surface area contributed by atoms with Gasteiger partial charge in [0.15, 0.2) is 23.9 Å². The Labute approximate surface area is 178 Å². The maximum atomic E-state index is 12.8. The van der Waals surface area contributed by atoms with Crippen LogP contribution >= 0.6 is 0 Å². The number of hydrogen-bond donors (Lipinski definition) is 1. The average molecular weight is 417 g/mol. The summed E-state index contributed by atoms with van der Waals surface area (Å²) in [4.78, 5) is 37.4. The molecule has 0 saturated carbocycles. The Morgan fingerprint density at radius 2 is 1.55 bits per heavy atom. The quantitative estimate of drug-likeness (QED) is 0.489. The van der Waals surface area contributed by atoms with E-state index in [1.165, 1.54) is 0 Å². The highest BCUT2D eigenvalue weighted by molar-refractivity contribution is 6.13. The number of amides is 1. The Balaban J connectivity index is 1.36. The number of para-hydroxylation sites is 3. The predicted molar refractivity (Wildman–Crippen MR) is 112 cm³/mol. The van der Waals surface area contributed by atoms with Gasteiger partial charge in [0, 0.05) is 11.1 Å². The average Bonchev–Trinajstić information content (AvgIpc) is 2.82. The fourth-order valence-electron chi connectivity index (χ4n) is 3.09. The lowest BCUT2D eigenvalue weighted by Crippen LogP contribution is -2.39. The number of esters is 1. The van der Waals surface area contributed by atoms with Gasteiger partial charge in [-0.1, -0.05) is 54.6 Å². The van der Waals surface area contributed by atoms with E-state index < -0.39 is 24.6 Å². The van der Waals surface area contributed by atoms with Gasteiger partial charge in [0.05, 0.1) is 5.69 Å². The van der Waals surface area contributed by atoms with Crippen molar-refractivity contribution in [1.82, 2.24) is 0 Å². The molecule has 1 amide bonds. The second-order valence-electron chi connectivity index (χ2n) is 6.76. The summed E-state index contributed by atoms with van der Waals surface area (Å²) in [5.41, 5.74) is 1.18. The molecule has 1 aliphatic heterocycles. The van der Waals surface area contributed by atoms with Crippen molar-refractivity contribution >= 4 is 23.3 Å². The fraction of sp³-hybridized carbons (Fsp3) is 0.125. The maximum Gasteiger partial charge on any atom is 0.351 e. The third-order valence-electron chi connectivity index (χ3n) is 4.60. The molecule has 1 aliphatic rings. The Morgan fingerprint density at radius 1 is 0.871 bits per heavy atom. The van der Waals surface area contributed by atoms with Gasteiger partial charge in [0.25, 0.3) is 5.91 Å². The van der Waals surface area contributed by atoms with E-state index in [1.807, 2.05) is 6.07 Å². The van der Waals surface area contributed by atoms with Gasteiger partial charge < -0.3 is 19.5 Å². The van der Waals surface area contributed by atoms with Crippen LogP contribution in [0, 0.1) is 0 Å². The number of fused-ring (bicyclic) bond motifs is 1. The van der Waals surface area contributed by atoms with Gasteiger partial charge in [-0.2, -0.15) is 0 Å². The molecule has 1 unspecified atom stereocenters. The van der Waals surface area contributed by atoms with Crippen LogP contribution in [0.5, 0.6) is 11.5 Å². The first-order chi connectivity index (χ1) is 15.1. The normalized spacial score (nSPS) is 14.4. The largest absolute Gasteiger partial charge is 0.485 e. The van der Waals surface area contributed by atoms with Crippen LogP contribution in [0.1, 0.15) is 15.9 Å². The standard InChI is InChI=1S/C24H19NO6/c26-22(15-30-24(28)21-14-29-19-12-6-7-13-20(19)31-21)25-18-11-5-4-10-17(18)23(27)16-8-2-1-3-9-16/h1-13,21H,14-15H2,(H,25,26). The summed E-state index contributed by atoms with van der Waals surface area (Å²) < 4.78 is 16.1. The smallest absolute Gasteiger partial charge is 0.351 e. The van der Waals surface area contributed by atoms with Crippen LogP contribution < -0.4 is 14.8 Å². The lowest BCUT2D eigenvalue weighted by molar-refractivity contribution is -0.156. The van der Waals surface area contributed by atoms with Crippen molar-refractivity contribution in [3.8, 4) is 11.5 Å². The minimum atomic E-state index is -0.963. The molecule has 7 nitrogen and oxygen atoms in total. The molecule has 3 aromatic rings. The molecule has 7 heteroatoms. The van der Waals surface area contributed by atoms with E-state index in [0.29, 0.717) is 28.3 Å². The summed E-state index contributed by atoms with van der Waals surface area (Å²) in [7, 11) is 0. The Bertz CT molecular complexity index is 1110. The molecule has 4 rings (SSSR count). The van der Waals surface area contributed by atoms with Gasteiger partial charge in [0.1, 0.15) is 6.61 Å². The van der Waals surface area contributed by atoms with E-state index >= 15 is 0 Å². The number of nitrogens with one attached hydrogen (secondary N) is 1. The van der Waals surface area contributed by atoms with Gasteiger partial charge in [-0.3, -0.25) is 9.59 Å². The summed E-state index contributed by atoms with van der Waals surface area (Å²) in [5.74, 6) is -0.519. The Kier molecular flexibility index (Phi) is 5.93. The number of carbonyl (C=O) groups is 3. The third-order valence-corrected chi connectivity index (χ3v) is 4.60. The van der Waals surface area contributed by atoms with Gasteiger partial charge in [-0.25, -0.2) is 4.79 Å². The number of anilines is 1. The van der Waals surface area contributed by atoms with Crippen LogP contribution in [0.15, 0.2) is 78.9 Å². The van der Waals surface area contributed by atoms with Crippen molar-refractivity contribution in [2.45, 2.75) is 6.10 Å². The molecule has 3 aromatic carbocycles. The van der Waals surface area contributed by atoms with E-state index in [0.717, 1.165) is 0 Å². The fourth-order valence-corrected chi connectivity index (χ4v) is 3.09. The SMILES string of the molecule is O=C(COC(=O)C1COc2ccccc2O1)Nc1ccccc1C(=O)c1ccccc1. The molecule has 0 aliphatic carbocycles. The third kappa shape index (κ3) is 4.72. The van der Waals surface area contributed by atoms with E-state index in [-0.39, 0.29) is 12.4 Å². The van der Waals surface area contributed by atoms with Gasteiger partial charge in [-0.15, -0.1) is 0 Å². The van der Waals surface area contributed by atoms with Crippen LogP contribution in [-0.2, 0) is 14.3 Å². The van der Waals surface area contributed by atoms with Gasteiger partial charge >= 0.3 is 5.97 Å². The molecule has 0 aromatic heterocycles. The van der Waals surface area contributed by atoms with Crippen molar-refractivity contribution in [2.75, 3.05) is 18.5 Å². The van der Waals surface area contributed by atoms with Crippen molar-refractivity contribution in [3.63, 3.8) is 0 Å². The molecule has 0 fully saturated rings. The summed E-state index contributed by atoms with van der Waals surface area (Å²) in [6.45, 7) is -0.528. The van der Waals surface area contributed by atoms with E-state index in [4.69, 9.17) is 14.2 Å². The number of carbonyl (C=O) groups excluding carboxylic acids is 3. The first kappa shape index (κ1) is 20.2. The summed E-state index contributed by atoms with van der Waals surface area (Å²) in [6.07, 6.45) is -0.963. The second kappa shape index (κ2) is 9.13. The summed E-state index contributed by atoms with van der Waals surface area (Å²) in [6, 6.07) is 22.4. The number of ketones is 1. The Hall–Kier alpha value is -4.13. The highest BCUT2D eigenvalue weighted by Gasteiger charge is 2.29. The number of rotatable bonds is 6. The van der Waals surface area contributed by atoms with Crippen LogP contribution in [0.2, 0.25) is 0 Å². The van der Waals surface area contributed by atoms with Gasteiger partial charge in [-0.05, 0) is 24.3 Å². The molecular formula is C24H19NO6. The number of hydrogen-bond acceptors (Lipinski definition) is 6. The molecule has 1 N–H and O–H groups in total. The van der Waals surface area contributed by atoms with Crippen molar-refractivity contribution < 1.29 is 28.6 Å². The first-order valence-electron chi connectivity index (χ1n) is 9.65. The number of ether oxygens (including phenoxy) is 3. The topological polar surface area (TPSA) is 90.9 Å². The minimum Gasteiger partial charge on any atom is -0.485 e. The van der Waals surface area contributed by atoms with Crippen molar-refractivity contribution in [2.24, 2.45) is 0 Å². The zero-order valence-corrected chi connectivity index (χ0v) is 16.4. The monoisotopic (exact) mass is 417 g/mol. The van der Waals surface area contributed by atoms with E-state index in [2.05, 4.69) is 5.32 Å². The zero-order chi connectivity index (χ0) is 21.6. The summed E-state index contributed by atoms with van der Waals surface area (Å²) in [5, 5.41) is 2.63. The lowest BCUT2D eigenvalue weighted by Gasteiger charge is -2.24. The maximum absolute atomic E-state index is 12.8. The number of benzene rings is 3. The van der Waals surface area contributed by atoms with Crippen LogP contribution in [0.4, 0.5) is 5.69 Å². The highest BCUT2D eigenvalue weighted by atomic mass is 16.6. The minimum absolute atomic E-state index is 0.00806. The van der Waals surface area contributed by atoms with E-state index in [1.54, 1.807) is 72.8 Å². The lowest BCUT2D eigenvalue weighted by atomic mass is 10.0. The molecule has 156 valence electrons. The Morgan fingerprint density at radius 3 is 2.35 bits per heavy atom. The first-order valence-corrected chi connectivity index (χ1v) is 9.65. The molecule has 1 heterocycles. The van der Waals surface area contributed by atoms with E-state index in [9.17, 15) is 14.4 Å². The molecule has 0 radical (unpaired) electrons. The van der Waals surface area contributed by atoms with Crippen molar-refractivity contribution in [1.29, 1.82) is 0 Å². The molecule has 0 saturated heterocycles. The molecular weight excluding hydrogens is 398 g/mol. The summed E-state index contributed by atoms with van der Waals surface area (Å²) >= 11 is 0. The second-order valence-corrected chi connectivity index (χ2v) is 6.76. The molecule has 0 spiro atoms. The zero-order valence-electron chi connectivity index (χ0n) is 16.4. The van der Waals surface area contributed by atoms with Crippen LogP contribution in [0.25, 0.3) is 0 Å². The van der Waals surface area contributed by atoms with Crippen LogP contribution in [0.3, 0.4) is 0 Å². The van der Waals surface area contributed by atoms with Crippen molar-refractivity contribution in [3.05, 3.63) is 90.0 Å². The molecule has 31 heavy (non-hydrogen) atoms. The highest BCUT2D eigenvalue weighted by Crippen LogP contribution is 2.31. The molecule has 1 atom stereocenters. The molecule has 0 bridgehead atoms. The van der Waals surface area contributed by atoms with Crippen LogP contribution in [-0.4, -0.2) is 37.0 Å². The predicted octanol–water partition coefficient (Wildman–Crippen LogP) is 3.24.